The molecule has 6 heteroatoms. The Morgan fingerprint density at radius 1 is 1.06 bits per heavy atom. The van der Waals surface area contributed by atoms with Crippen molar-refractivity contribution >= 4 is 38.9 Å². The molecular weight excluding hydrogens is 293 g/mol. The van der Waals surface area contributed by atoms with Crippen LogP contribution in [-0.4, -0.2) is 8.42 Å². The topological polar surface area (TPSA) is 46.2 Å². The molecule has 1 radical (unpaired) electrons. The molecule has 0 aliphatic heterocycles. The molecule has 0 saturated heterocycles. The van der Waals surface area contributed by atoms with Gasteiger partial charge in [0.2, 0.25) is 0 Å². The number of nitrogens with one attached hydrogen (secondary N) is 1. The Hall–Kier alpha value is -1.23. The van der Waals surface area contributed by atoms with Crippen LogP contribution in [0.2, 0.25) is 10.0 Å². The number of hydrogen-bond acceptors (Lipinski definition) is 2. The predicted octanol–water partition coefficient (Wildman–Crippen LogP) is 3.59. The Morgan fingerprint density at radius 3 is 2.44 bits per heavy atom. The molecule has 18 heavy (non-hydrogen) atoms. The highest BCUT2D eigenvalue weighted by atomic mass is 35.5. The molecule has 0 amide bonds. The lowest BCUT2D eigenvalue weighted by atomic mass is 10.3. The van der Waals surface area contributed by atoms with Gasteiger partial charge in [-0.15, -0.1) is 0 Å². The first-order valence-corrected chi connectivity index (χ1v) is 7.17. The third-order valence-corrected chi connectivity index (χ3v) is 3.96. The fourth-order valence-corrected chi connectivity index (χ4v) is 2.75. The van der Waals surface area contributed by atoms with Crippen molar-refractivity contribution in [1.82, 2.24) is 0 Å². The van der Waals surface area contributed by atoms with E-state index < -0.39 is 10.0 Å². The summed E-state index contributed by atoms with van der Waals surface area (Å²) in [5.74, 6) is 0. The van der Waals surface area contributed by atoms with Gasteiger partial charge >= 0.3 is 0 Å². The van der Waals surface area contributed by atoms with Crippen LogP contribution >= 0.6 is 23.2 Å². The van der Waals surface area contributed by atoms with Crippen molar-refractivity contribution in [3.63, 3.8) is 0 Å². The van der Waals surface area contributed by atoms with Crippen LogP contribution in [0.5, 0.6) is 0 Å². The van der Waals surface area contributed by atoms with Gasteiger partial charge in [-0.1, -0.05) is 29.3 Å². The van der Waals surface area contributed by atoms with Crippen molar-refractivity contribution in [3.05, 3.63) is 58.6 Å². The number of sulfonamides is 1. The zero-order valence-corrected chi connectivity index (χ0v) is 11.4. The summed E-state index contributed by atoms with van der Waals surface area (Å²) in [5.41, 5.74) is 0.319. The molecule has 93 valence electrons. The lowest BCUT2D eigenvalue weighted by Gasteiger charge is -2.07. The molecule has 0 atom stereocenters. The van der Waals surface area contributed by atoms with Gasteiger partial charge in [0.25, 0.3) is 10.0 Å². The summed E-state index contributed by atoms with van der Waals surface area (Å²) in [7, 11) is -3.66. The second-order valence-electron chi connectivity index (χ2n) is 3.48. The van der Waals surface area contributed by atoms with E-state index in [0.717, 1.165) is 0 Å². The fraction of sp³-hybridized carbons (Fsp3) is 0. The molecule has 0 saturated carbocycles. The molecule has 2 aromatic rings. The molecule has 2 aromatic carbocycles. The van der Waals surface area contributed by atoms with Gasteiger partial charge in [-0.3, -0.25) is 4.72 Å². The van der Waals surface area contributed by atoms with Crippen molar-refractivity contribution in [2.45, 2.75) is 4.90 Å². The first-order valence-electron chi connectivity index (χ1n) is 4.93. The lowest BCUT2D eigenvalue weighted by molar-refractivity contribution is 0.601. The van der Waals surface area contributed by atoms with Crippen LogP contribution in [-0.2, 0) is 10.0 Å². The largest absolute Gasteiger partial charge is 0.279 e. The summed E-state index contributed by atoms with van der Waals surface area (Å²) in [6.07, 6.45) is 0. The minimum atomic E-state index is -3.66. The maximum Gasteiger partial charge on any atom is 0.261 e. The van der Waals surface area contributed by atoms with Gasteiger partial charge < -0.3 is 0 Å². The molecule has 1 N–H and O–H groups in total. The van der Waals surface area contributed by atoms with Gasteiger partial charge in [0.1, 0.15) is 0 Å². The number of halogens is 2. The molecule has 0 fully saturated rings. The standard InChI is InChI=1S/C12H8Cl2NO2S/c13-9-4-6-11(7-5-9)15-18(16,17)12-3-1-2-10(14)8-12/h1-6,8,15H. The highest BCUT2D eigenvalue weighted by Gasteiger charge is 2.14. The Labute approximate surface area is 115 Å². The monoisotopic (exact) mass is 300 g/mol. The van der Waals surface area contributed by atoms with Crippen LogP contribution in [0, 0.1) is 6.07 Å². The summed E-state index contributed by atoms with van der Waals surface area (Å²) in [6, 6.07) is 13.3. The Bertz CT molecular complexity index is 654. The van der Waals surface area contributed by atoms with Crippen molar-refractivity contribution < 1.29 is 8.42 Å². The summed E-state index contributed by atoms with van der Waals surface area (Å²) >= 11 is 11.5. The Kier molecular flexibility index (Phi) is 3.80. The number of hydrogen-bond donors (Lipinski definition) is 1. The van der Waals surface area contributed by atoms with Crippen molar-refractivity contribution in [2.24, 2.45) is 0 Å². The van der Waals surface area contributed by atoms with Crippen molar-refractivity contribution in [1.29, 1.82) is 0 Å². The molecular formula is C12H8Cl2NO2S. The van der Waals surface area contributed by atoms with Crippen LogP contribution < -0.4 is 4.72 Å². The number of anilines is 1. The Balaban J connectivity index is 2.30. The highest BCUT2D eigenvalue weighted by Crippen LogP contribution is 2.20. The summed E-state index contributed by atoms with van der Waals surface area (Å²) in [6.45, 7) is 0. The SMILES string of the molecule is O=S(=O)(Nc1[c]cc(Cl)cc1)c1cccc(Cl)c1. The number of benzene rings is 2. The molecule has 2 rings (SSSR count). The predicted molar refractivity (Wildman–Crippen MR) is 72.5 cm³/mol. The second-order valence-corrected chi connectivity index (χ2v) is 6.04. The average Bonchev–Trinajstić information content (AvgIpc) is 2.32. The number of rotatable bonds is 3. The molecule has 0 aromatic heterocycles. The van der Waals surface area contributed by atoms with Gasteiger partial charge in [0.15, 0.2) is 0 Å². The van der Waals surface area contributed by atoms with E-state index in [9.17, 15) is 8.42 Å². The van der Waals surface area contributed by atoms with Crippen molar-refractivity contribution in [2.75, 3.05) is 4.72 Å². The van der Waals surface area contributed by atoms with Crippen LogP contribution in [0.15, 0.2) is 47.4 Å². The van der Waals surface area contributed by atoms with Gasteiger partial charge in [-0.2, -0.15) is 0 Å². The van der Waals surface area contributed by atoms with E-state index in [0.29, 0.717) is 15.7 Å². The summed E-state index contributed by atoms with van der Waals surface area (Å²) in [5, 5.41) is 0.846. The van der Waals surface area contributed by atoms with Gasteiger partial charge in [-0.05, 0) is 36.4 Å². The highest BCUT2D eigenvalue weighted by molar-refractivity contribution is 7.92. The lowest BCUT2D eigenvalue weighted by Crippen LogP contribution is -2.12. The summed E-state index contributed by atoms with van der Waals surface area (Å²) in [4.78, 5) is 0.0957. The normalized spacial score (nSPS) is 11.2. The summed E-state index contributed by atoms with van der Waals surface area (Å²) < 4.78 is 26.4. The van der Waals surface area contributed by atoms with E-state index in [4.69, 9.17) is 23.2 Å². The zero-order chi connectivity index (χ0) is 13.2. The Morgan fingerprint density at radius 2 is 1.83 bits per heavy atom. The first-order chi connectivity index (χ1) is 8.47. The van der Waals surface area contributed by atoms with Gasteiger partial charge in [0, 0.05) is 16.1 Å². The average molecular weight is 301 g/mol. The maximum absolute atomic E-state index is 12.0. The molecule has 0 aliphatic carbocycles. The molecule has 0 heterocycles. The fourth-order valence-electron chi connectivity index (χ4n) is 1.31. The quantitative estimate of drug-likeness (QED) is 0.941. The first kappa shape index (κ1) is 13.2. The van der Waals surface area contributed by atoms with E-state index in [-0.39, 0.29) is 4.90 Å². The third-order valence-electron chi connectivity index (χ3n) is 2.13. The molecule has 0 aliphatic rings. The van der Waals surface area contributed by atoms with Crippen molar-refractivity contribution in [3.8, 4) is 0 Å². The minimum Gasteiger partial charge on any atom is -0.279 e. The smallest absolute Gasteiger partial charge is 0.261 e. The minimum absolute atomic E-state index is 0.0957. The van der Waals surface area contributed by atoms with Crippen LogP contribution in [0.4, 0.5) is 5.69 Å². The van der Waals surface area contributed by atoms with Gasteiger partial charge in [0.05, 0.1) is 10.6 Å². The van der Waals surface area contributed by atoms with Gasteiger partial charge in [-0.25, -0.2) is 8.42 Å². The molecule has 0 bridgehead atoms. The van der Waals surface area contributed by atoms with E-state index >= 15 is 0 Å². The zero-order valence-electron chi connectivity index (χ0n) is 9.02. The van der Waals surface area contributed by atoms with Crippen LogP contribution in [0.25, 0.3) is 0 Å². The van der Waals surface area contributed by atoms with Crippen LogP contribution in [0.1, 0.15) is 0 Å². The molecule has 0 spiro atoms. The van der Waals surface area contributed by atoms with Crippen LogP contribution in [0.3, 0.4) is 0 Å². The third kappa shape index (κ3) is 3.16. The maximum atomic E-state index is 12.0. The second kappa shape index (κ2) is 5.18. The molecule has 0 unspecified atom stereocenters. The van der Waals surface area contributed by atoms with E-state index in [1.807, 2.05) is 0 Å². The molecule has 3 nitrogen and oxygen atoms in total. The van der Waals surface area contributed by atoms with E-state index in [1.165, 1.54) is 24.3 Å². The van der Waals surface area contributed by atoms with E-state index in [2.05, 4.69) is 10.8 Å². The van der Waals surface area contributed by atoms with E-state index in [1.54, 1.807) is 18.2 Å².